The first-order valence-corrected chi connectivity index (χ1v) is 12.0. The maximum atomic E-state index is 12.8. The summed E-state index contributed by atoms with van der Waals surface area (Å²) in [5.74, 6) is -0.553. The monoisotopic (exact) mass is 432 g/mol. The Kier molecular flexibility index (Phi) is 4.49. The molecule has 0 saturated carbocycles. The van der Waals surface area contributed by atoms with Crippen LogP contribution in [0.2, 0.25) is 0 Å². The molecule has 160 valence electrons. The summed E-state index contributed by atoms with van der Waals surface area (Å²) in [5.41, 5.74) is 2.14. The summed E-state index contributed by atoms with van der Waals surface area (Å²) in [7, 11) is -3.02. The zero-order valence-electron chi connectivity index (χ0n) is 16.5. The van der Waals surface area contributed by atoms with Gasteiger partial charge in [-0.15, -0.1) is 0 Å². The van der Waals surface area contributed by atoms with Gasteiger partial charge in [0.15, 0.2) is 9.84 Å². The molecule has 0 aliphatic carbocycles. The van der Waals surface area contributed by atoms with Crippen LogP contribution in [0.1, 0.15) is 34.3 Å². The highest BCUT2D eigenvalue weighted by Gasteiger charge is 2.49. The summed E-state index contributed by atoms with van der Waals surface area (Å²) in [6.45, 7) is 2.80. The number of hydrogen-bond acceptors (Lipinski definition) is 7. The second-order valence-electron chi connectivity index (χ2n) is 8.73. The molecule has 3 saturated heterocycles. The van der Waals surface area contributed by atoms with Crippen LogP contribution in [-0.4, -0.2) is 78.7 Å². The molecule has 1 aromatic rings. The van der Waals surface area contributed by atoms with Crippen molar-refractivity contribution in [2.75, 3.05) is 31.1 Å². The fourth-order valence-corrected chi connectivity index (χ4v) is 6.84. The standard InChI is InChI=1S/C20H24N4O5S/c25-17-4-3-16(18(26)22-17)24-9-14-7-13(1-2-15(14)19(24)27)8-23-5-6-30(28,29)12-20(23)10-21-11-20/h1-2,7,16,21H,3-6,8-12H2,(H,22,25,26). The number of imide groups is 1. The van der Waals surface area contributed by atoms with Crippen molar-refractivity contribution in [1.29, 1.82) is 0 Å². The van der Waals surface area contributed by atoms with E-state index in [1.807, 2.05) is 12.1 Å². The number of piperidine rings is 1. The van der Waals surface area contributed by atoms with Crippen LogP contribution in [0.25, 0.3) is 0 Å². The van der Waals surface area contributed by atoms with Crippen LogP contribution in [-0.2, 0) is 32.5 Å². The highest BCUT2D eigenvalue weighted by atomic mass is 32.2. The van der Waals surface area contributed by atoms with Gasteiger partial charge in [-0.05, 0) is 23.6 Å². The lowest BCUT2D eigenvalue weighted by Gasteiger charge is -2.53. The molecule has 5 rings (SSSR count). The molecule has 9 nitrogen and oxygen atoms in total. The molecule has 4 heterocycles. The maximum absolute atomic E-state index is 12.8. The van der Waals surface area contributed by atoms with Crippen molar-refractivity contribution in [2.45, 2.75) is 37.5 Å². The number of carbonyl (C=O) groups is 3. The van der Waals surface area contributed by atoms with Crippen molar-refractivity contribution in [3.05, 3.63) is 34.9 Å². The predicted octanol–water partition coefficient (Wildman–Crippen LogP) is -0.980. The number of nitrogens with zero attached hydrogens (tertiary/aromatic N) is 2. The average molecular weight is 433 g/mol. The Bertz CT molecular complexity index is 1050. The van der Waals surface area contributed by atoms with E-state index in [1.54, 1.807) is 11.0 Å². The van der Waals surface area contributed by atoms with E-state index >= 15 is 0 Å². The van der Waals surface area contributed by atoms with Crippen molar-refractivity contribution in [3.63, 3.8) is 0 Å². The molecule has 30 heavy (non-hydrogen) atoms. The SMILES string of the molecule is O=C1CCC(N2Cc3cc(CN4CCS(=O)(=O)CC45CNC5)ccc3C2=O)C(=O)N1. The molecule has 1 spiro atoms. The summed E-state index contributed by atoms with van der Waals surface area (Å²) in [4.78, 5) is 40.2. The highest BCUT2D eigenvalue weighted by Crippen LogP contribution is 2.32. The number of nitrogens with one attached hydrogen (secondary N) is 2. The molecule has 2 N–H and O–H groups in total. The Morgan fingerprint density at radius 1 is 1.17 bits per heavy atom. The van der Waals surface area contributed by atoms with E-state index < -0.39 is 21.8 Å². The zero-order valence-corrected chi connectivity index (χ0v) is 17.3. The average Bonchev–Trinajstić information content (AvgIpc) is 2.97. The third-order valence-electron chi connectivity index (χ3n) is 6.70. The van der Waals surface area contributed by atoms with E-state index in [9.17, 15) is 22.8 Å². The Morgan fingerprint density at radius 3 is 2.67 bits per heavy atom. The Balaban J connectivity index is 1.34. The highest BCUT2D eigenvalue weighted by molar-refractivity contribution is 7.91. The van der Waals surface area contributed by atoms with Crippen LogP contribution >= 0.6 is 0 Å². The molecule has 4 aliphatic heterocycles. The van der Waals surface area contributed by atoms with Crippen molar-refractivity contribution < 1.29 is 22.8 Å². The lowest BCUT2D eigenvalue weighted by Crippen LogP contribution is -2.74. The van der Waals surface area contributed by atoms with Crippen LogP contribution in [0.4, 0.5) is 0 Å². The zero-order chi connectivity index (χ0) is 21.1. The number of sulfone groups is 1. The van der Waals surface area contributed by atoms with Gasteiger partial charge in [0.25, 0.3) is 5.91 Å². The summed E-state index contributed by atoms with van der Waals surface area (Å²) >= 11 is 0. The molecule has 4 aliphatic rings. The van der Waals surface area contributed by atoms with Gasteiger partial charge >= 0.3 is 0 Å². The first-order chi connectivity index (χ1) is 14.3. The van der Waals surface area contributed by atoms with Gasteiger partial charge in [-0.25, -0.2) is 8.42 Å². The van der Waals surface area contributed by atoms with E-state index in [0.717, 1.165) is 11.1 Å². The molecule has 3 fully saturated rings. The number of fused-ring (bicyclic) bond motifs is 1. The number of rotatable bonds is 3. The summed E-state index contributed by atoms with van der Waals surface area (Å²) in [6, 6.07) is 5.07. The van der Waals surface area contributed by atoms with Crippen molar-refractivity contribution >= 4 is 27.6 Å². The van der Waals surface area contributed by atoms with Gasteiger partial charge in [0.1, 0.15) is 6.04 Å². The van der Waals surface area contributed by atoms with Gasteiger partial charge in [-0.1, -0.05) is 12.1 Å². The van der Waals surface area contributed by atoms with Gasteiger partial charge < -0.3 is 10.2 Å². The number of benzene rings is 1. The largest absolute Gasteiger partial charge is 0.322 e. The topological polar surface area (TPSA) is 116 Å². The second kappa shape index (κ2) is 6.86. The number of amides is 3. The minimum atomic E-state index is -3.02. The first-order valence-electron chi connectivity index (χ1n) is 10.2. The van der Waals surface area contributed by atoms with Gasteiger partial charge in [-0.3, -0.25) is 24.6 Å². The lowest BCUT2D eigenvalue weighted by molar-refractivity contribution is -0.136. The smallest absolute Gasteiger partial charge is 0.255 e. The van der Waals surface area contributed by atoms with E-state index in [0.29, 0.717) is 44.7 Å². The van der Waals surface area contributed by atoms with Gasteiger partial charge in [0, 0.05) is 44.7 Å². The molecule has 1 atom stereocenters. The van der Waals surface area contributed by atoms with Gasteiger partial charge in [0.2, 0.25) is 11.8 Å². The van der Waals surface area contributed by atoms with Crippen LogP contribution in [0.3, 0.4) is 0 Å². The molecule has 0 bridgehead atoms. The quantitative estimate of drug-likeness (QED) is 0.590. The summed E-state index contributed by atoms with van der Waals surface area (Å²) in [5, 5.41) is 5.52. The molecular weight excluding hydrogens is 408 g/mol. The fourth-order valence-electron chi connectivity index (χ4n) is 4.99. The number of carbonyl (C=O) groups excluding carboxylic acids is 3. The van der Waals surface area contributed by atoms with Crippen LogP contribution in [0.5, 0.6) is 0 Å². The normalized spacial score (nSPS) is 27.7. The predicted molar refractivity (Wildman–Crippen MR) is 107 cm³/mol. The molecule has 0 radical (unpaired) electrons. The van der Waals surface area contributed by atoms with E-state index in [2.05, 4.69) is 15.5 Å². The summed E-state index contributed by atoms with van der Waals surface area (Å²) < 4.78 is 24.3. The van der Waals surface area contributed by atoms with Crippen LogP contribution < -0.4 is 10.6 Å². The van der Waals surface area contributed by atoms with E-state index in [4.69, 9.17) is 0 Å². The molecule has 10 heteroatoms. The van der Waals surface area contributed by atoms with Crippen LogP contribution in [0.15, 0.2) is 18.2 Å². The first kappa shape index (κ1) is 19.7. The van der Waals surface area contributed by atoms with E-state index in [1.165, 1.54) is 0 Å². The Hall–Kier alpha value is -2.30. The third-order valence-corrected chi connectivity index (χ3v) is 8.48. The second-order valence-corrected chi connectivity index (χ2v) is 10.9. The lowest BCUT2D eigenvalue weighted by atomic mass is 9.91. The Labute approximate surface area is 174 Å². The van der Waals surface area contributed by atoms with E-state index in [-0.39, 0.29) is 35.3 Å². The maximum Gasteiger partial charge on any atom is 0.255 e. The minimum absolute atomic E-state index is 0.168. The molecular formula is C20H24N4O5S. The van der Waals surface area contributed by atoms with Crippen molar-refractivity contribution in [2.24, 2.45) is 0 Å². The summed E-state index contributed by atoms with van der Waals surface area (Å²) in [6.07, 6.45) is 0.574. The number of hydrogen-bond donors (Lipinski definition) is 2. The van der Waals surface area contributed by atoms with Crippen LogP contribution in [0, 0.1) is 0 Å². The molecule has 1 aromatic carbocycles. The molecule has 3 amide bonds. The van der Waals surface area contributed by atoms with Gasteiger partial charge in [0.05, 0.1) is 17.0 Å². The Morgan fingerprint density at radius 2 is 1.97 bits per heavy atom. The van der Waals surface area contributed by atoms with Gasteiger partial charge in [-0.2, -0.15) is 0 Å². The fraction of sp³-hybridized carbons (Fsp3) is 0.550. The molecule has 1 unspecified atom stereocenters. The van der Waals surface area contributed by atoms with Crippen molar-refractivity contribution in [3.8, 4) is 0 Å². The third kappa shape index (κ3) is 3.23. The minimum Gasteiger partial charge on any atom is -0.322 e. The molecule has 0 aromatic heterocycles. The van der Waals surface area contributed by atoms with Crippen molar-refractivity contribution in [1.82, 2.24) is 20.4 Å².